The van der Waals surface area contributed by atoms with Gasteiger partial charge in [0.2, 0.25) is 0 Å². The highest BCUT2D eigenvalue weighted by Gasteiger charge is 2.30. The third-order valence-corrected chi connectivity index (χ3v) is 5.08. The van der Waals surface area contributed by atoms with Gasteiger partial charge in [-0.1, -0.05) is 38.1 Å². The van der Waals surface area contributed by atoms with Gasteiger partial charge in [0, 0.05) is 10.6 Å². The van der Waals surface area contributed by atoms with E-state index in [2.05, 4.69) is 38.1 Å². The zero-order valence-corrected chi connectivity index (χ0v) is 12.8. The maximum Gasteiger partial charge on any atom is 0.338 e. The van der Waals surface area contributed by atoms with Crippen molar-refractivity contribution in [1.29, 1.82) is 0 Å². The predicted molar refractivity (Wildman–Crippen MR) is 82.9 cm³/mol. The van der Waals surface area contributed by atoms with Crippen molar-refractivity contribution < 1.29 is 9.53 Å². The Balaban J connectivity index is 2.27. The minimum absolute atomic E-state index is 0.212. The molecule has 0 radical (unpaired) electrons. The molecule has 0 amide bonds. The first-order chi connectivity index (χ1) is 9.63. The van der Waals surface area contributed by atoms with E-state index in [0.717, 1.165) is 23.3 Å². The lowest BCUT2D eigenvalue weighted by Gasteiger charge is -2.02. The Hall–Kier alpha value is -1.48. The van der Waals surface area contributed by atoms with Crippen LogP contribution in [0.1, 0.15) is 41.3 Å². The summed E-state index contributed by atoms with van der Waals surface area (Å²) in [7, 11) is 1.46. The van der Waals surface area contributed by atoms with E-state index in [1.54, 1.807) is 0 Å². The second-order valence-corrected chi connectivity index (χ2v) is 6.53. The van der Waals surface area contributed by atoms with E-state index in [9.17, 15) is 4.79 Å². The predicted octanol–water partition coefficient (Wildman–Crippen LogP) is 4.35. The fraction of sp³-hybridized carbons (Fsp3) is 0.353. The number of ether oxygens (including phenoxy) is 1. The Morgan fingerprint density at radius 2 is 1.90 bits per heavy atom. The van der Waals surface area contributed by atoms with Gasteiger partial charge in [-0.25, -0.2) is 4.79 Å². The van der Waals surface area contributed by atoms with Gasteiger partial charge in [-0.3, -0.25) is 0 Å². The lowest BCUT2D eigenvalue weighted by atomic mass is 10.1. The fourth-order valence-corrected chi connectivity index (χ4v) is 4.05. The zero-order valence-electron chi connectivity index (χ0n) is 12.0. The summed E-state index contributed by atoms with van der Waals surface area (Å²) in [5.41, 5.74) is 5.45. The maximum absolute atomic E-state index is 12.1. The molecule has 20 heavy (non-hydrogen) atoms. The van der Waals surface area contributed by atoms with Crippen molar-refractivity contribution in [2.24, 2.45) is 0 Å². The third-order valence-electron chi connectivity index (χ3n) is 3.92. The van der Waals surface area contributed by atoms with Crippen LogP contribution < -0.4 is 0 Å². The Labute approximate surface area is 123 Å². The number of carbonyl (C=O) groups is 1. The number of hydrogen-bond donors (Lipinski definition) is 0. The lowest BCUT2D eigenvalue weighted by Crippen LogP contribution is -2.04. The van der Waals surface area contributed by atoms with E-state index >= 15 is 0 Å². The van der Waals surface area contributed by atoms with Crippen molar-refractivity contribution in [2.75, 3.05) is 12.9 Å². The molecule has 104 valence electrons. The molecule has 3 aliphatic rings. The minimum Gasteiger partial charge on any atom is -0.465 e. The molecule has 0 saturated carbocycles. The van der Waals surface area contributed by atoms with Gasteiger partial charge in [-0.15, -0.1) is 11.8 Å². The van der Waals surface area contributed by atoms with Crippen molar-refractivity contribution >= 4 is 17.7 Å². The summed E-state index contributed by atoms with van der Waals surface area (Å²) in [4.78, 5) is 13.4. The fourth-order valence-electron chi connectivity index (χ4n) is 2.83. The van der Waals surface area contributed by atoms with Crippen molar-refractivity contribution in [3.63, 3.8) is 0 Å². The molecule has 0 unspecified atom stereocenters. The first kappa shape index (κ1) is 13.5. The Kier molecular flexibility index (Phi) is 3.47. The molecule has 0 aromatic carbocycles. The highest BCUT2D eigenvalue weighted by molar-refractivity contribution is 7.99. The largest absolute Gasteiger partial charge is 0.465 e. The van der Waals surface area contributed by atoms with Crippen molar-refractivity contribution in [3.8, 4) is 11.1 Å². The van der Waals surface area contributed by atoms with Gasteiger partial charge in [-0.2, -0.15) is 0 Å². The van der Waals surface area contributed by atoms with Crippen LogP contribution in [0.15, 0.2) is 29.2 Å². The molecular formula is C17H18O2S. The number of thioether (sulfide) groups is 1. The van der Waals surface area contributed by atoms with Crippen LogP contribution >= 0.6 is 11.8 Å². The quantitative estimate of drug-likeness (QED) is 0.768. The van der Waals surface area contributed by atoms with Crippen molar-refractivity contribution in [3.05, 3.63) is 41.0 Å². The van der Waals surface area contributed by atoms with Gasteiger partial charge >= 0.3 is 5.97 Å². The summed E-state index contributed by atoms with van der Waals surface area (Å²) in [6.07, 6.45) is 0.958. The minimum atomic E-state index is -0.212. The molecule has 0 saturated heterocycles. The van der Waals surface area contributed by atoms with Crippen LogP contribution in [-0.4, -0.2) is 18.8 Å². The SMILES string of the molecule is COC(=O)c1c2ccc(C(C)C)ccc-2c2c1CCS2. The molecule has 0 aromatic rings. The number of fused-ring (bicyclic) bond motifs is 3. The summed E-state index contributed by atoms with van der Waals surface area (Å²) >= 11 is 1.85. The zero-order chi connectivity index (χ0) is 14.3. The average molecular weight is 286 g/mol. The van der Waals surface area contributed by atoms with E-state index in [1.165, 1.54) is 28.7 Å². The van der Waals surface area contributed by atoms with E-state index in [0.29, 0.717) is 5.92 Å². The van der Waals surface area contributed by atoms with Gasteiger partial charge in [0.25, 0.3) is 0 Å². The summed E-state index contributed by atoms with van der Waals surface area (Å²) < 4.78 is 4.99. The molecule has 1 aliphatic heterocycles. The van der Waals surface area contributed by atoms with Crippen LogP contribution in [0.25, 0.3) is 11.1 Å². The number of methoxy groups -OCH3 is 1. The number of hydrogen-bond acceptors (Lipinski definition) is 3. The van der Waals surface area contributed by atoms with Crippen LogP contribution in [0.2, 0.25) is 0 Å². The molecule has 0 atom stereocenters. The topological polar surface area (TPSA) is 26.3 Å². The molecule has 2 nitrogen and oxygen atoms in total. The maximum atomic E-state index is 12.1. The molecule has 0 spiro atoms. The summed E-state index contributed by atoms with van der Waals surface area (Å²) in [6.45, 7) is 4.36. The number of carbonyl (C=O) groups excluding carboxylic acids is 1. The molecule has 3 heteroatoms. The van der Waals surface area contributed by atoms with Crippen LogP contribution in [0, 0.1) is 0 Å². The Morgan fingerprint density at radius 1 is 1.20 bits per heavy atom. The highest BCUT2D eigenvalue weighted by Crippen LogP contribution is 2.47. The molecule has 3 rings (SSSR count). The highest BCUT2D eigenvalue weighted by atomic mass is 32.2. The molecular weight excluding hydrogens is 268 g/mol. The van der Waals surface area contributed by atoms with E-state index in [4.69, 9.17) is 4.74 Å². The standard InChI is InChI=1S/C17H18O2S/c1-10(2)11-4-6-12-13(7-5-11)16-14(8-9-20-16)15(12)17(18)19-3/h4-7,10H,8-9H2,1-3H3. The summed E-state index contributed by atoms with van der Waals surface area (Å²) in [5.74, 6) is 1.32. The second kappa shape index (κ2) is 5.13. The summed E-state index contributed by atoms with van der Waals surface area (Å²) in [5, 5.41) is 0. The third kappa shape index (κ3) is 2.01. The molecule has 0 bridgehead atoms. The van der Waals surface area contributed by atoms with Gasteiger partial charge in [0.1, 0.15) is 0 Å². The molecule has 0 fully saturated rings. The molecule has 0 N–H and O–H groups in total. The van der Waals surface area contributed by atoms with E-state index in [-0.39, 0.29) is 5.97 Å². The van der Waals surface area contributed by atoms with Crippen LogP contribution in [0.5, 0.6) is 0 Å². The first-order valence-corrected chi connectivity index (χ1v) is 7.91. The second-order valence-electron chi connectivity index (χ2n) is 5.42. The molecule has 1 heterocycles. The monoisotopic (exact) mass is 286 g/mol. The van der Waals surface area contributed by atoms with E-state index < -0.39 is 0 Å². The van der Waals surface area contributed by atoms with Crippen LogP contribution in [-0.2, 0) is 11.2 Å². The molecule has 2 aliphatic carbocycles. The summed E-state index contributed by atoms with van der Waals surface area (Å²) in [6, 6.07) is 8.54. The normalized spacial score (nSPS) is 13.8. The van der Waals surface area contributed by atoms with E-state index in [1.807, 2.05) is 11.8 Å². The van der Waals surface area contributed by atoms with Crippen LogP contribution in [0.3, 0.4) is 0 Å². The molecule has 0 aromatic heterocycles. The van der Waals surface area contributed by atoms with Crippen LogP contribution in [0.4, 0.5) is 0 Å². The lowest BCUT2D eigenvalue weighted by molar-refractivity contribution is 0.0601. The van der Waals surface area contributed by atoms with Gasteiger partial charge < -0.3 is 4.74 Å². The number of esters is 1. The number of rotatable bonds is 2. The van der Waals surface area contributed by atoms with Crippen molar-refractivity contribution in [1.82, 2.24) is 0 Å². The van der Waals surface area contributed by atoms with Gasteiger partial charge in [0.05, 0.1) is 12.7 Å². The smallest absolute Gasteiger partial charge is 0.338 e. The van der Waals surface area contributed by atoms with Crippen molar-refractivity contribution in [2.45, 2.75) is 31.1 Å². The van der Waals surface area contributed by atoms with Gasteiger partial charge in [0.15, 0.2) is 0 Å². The van der Waals surface area contributed by atoms with Gasteiger partial charge in [-0.05, 0) is 34.6 Å². The first-order valence-electron chi connectivity index (χ1n) is 6.93. The Morgan fingerprint density at radius 3 is 2.55 bits per heavy atom. The Bertz CT molecular complexity index is 646. The average Bonchev–Trinajstić information content (AvgIpc) is 2.92.